The van der Waals surface area contributed by atoms with Crippen molar-refractivity contribution >= 4 is 11.9 Å². The Hall–Kier alpha value is -1.96. The first-order valence-corrected chi connectivity index (χ1v) is 6.53. The first-order chi connectivity index (χ1) is 9.32. The fourth-order valence-electron chi connectivity index (χ4n) is 1.39. The van der Waals surface area contributed by atoms with Crippen molar-refractivity contribution in [3.8, 4) is 0 Å². The molecule has 0 spiro atoms. The van der Waals surface area contributed by atoms with Gasteiger partial charge < -0.3 is 10.4 Å². The Kier molecular flexibility index (Phi) is 5.63. The van der Waals surface area contributed by atoms with E-state index in [1.54, 1.807) is 13.8 Å². The summed E-state index contributed by atoms with van der Waals surface area (Å²) in [5, 5.41) is 22.0. The molecule has 0 aliphatic heterocycles. The van der Waals surface area contributed by atoms with Crippen molar-refractivity contribution < 1.29 is 14.7 Å². The molecule has 1 heterocycles. The van der Waals surface area contributed by atoms with E-state index in [9.17, 15) is 14.7 Å². The largest absolute Gasteiger partial charge is 0.384 e. The van der Waals surface area contributed by atoms with Gasteiger partial charge in [0.05, 0.1) is 6.20 Å². The second-order valence-corrected chi connectivity index (χ2v) is 5.02. The van der Waals surface area contributed by atoms with E-state index in [1.807, 2.05) is 6.92 Å². The molecule has 8 nitrogen and oxygen atoms in total. The van der Waals surface area contributed by atoms with Gasteiger partial charge in [0.15, 0.2) is 0 Å². The van der Waals surface area contributed by atoms with Crippen molar-refractivity contribution in [1.82, 2.24) is 25.6 Å². The van der Waals surface area contributed by atoms with Crippen LogP contribution in [0.2, 0.25) is 0 Å². The Morgan fingerprint density at radius 3 is 2.70 bits per heavy atom. The second-order valence-electron chi connectivity index (χ2n) is 5.02. The van der Waals surface area contributed by atoms with Gasteiger partial charge in [0, 0.05) is 6.54 Å². The molecule has 0 unspecified atom stereocenters. The molecule has 0 aromatic carbocycles. The van der Waals surface area contributed by atoms with Crippen molar-refractivity contribution in [2.75, 3.05) is 6.54 Å². The standard InChI is InChI=1S/C12H21N5O3/c1-4-5-6-13-11(19)14-10(18)8-17-7-9(15-16-17)12(2,3)20/h7,20H,4-6,8H2,1-3H3,(H2,13,14,18,19). The number of aromatic nitrogens is 3. The number of amides is 3. The number of aliphatic hydroxyl groups is 1. The summed E-state index contributed by atoms with van der Waals surface area (Å²) in [5.74, 6) is -0.494. The predicted octanol–water partition coefficient (Wildman–Crippen LogP) is 0.131. The van der Waals surface area contributed by atoms with Crippen molar-refractivity contribution in [1.29, 1.82) is 0 Å². The summed E-state index contributed by atoms with van der Waals surface area (Å²) in [6.45, 7) is 5.55. The molecular weight excluding hydrogens is 262 g/mol. The van der Waals surface area contributed by atoms with Crippen LogP contribution in [0, 0.1) is 0 Å². The average Bonchev–Trinajstić information content (AvgIpc) is 2.77. The lowest BCUT2D eigenvalue weighted by molar-refractivity contribution is -0.120. The van der Waals surface area contributed by atoms with Gasteiger partial charge in [-0.25, -0.2) is 9.48 Å². The molecule has 3 N–H and O–H groups in total. The topological polar surface area (TPSA) is 109 Å². The molecule has 0 atom stereocenters. The van der Waals surface area contributed by atoms with Crippen LogP contribution in [0.25, 0.3) is 0 Å². The number of hydrogen-bond acceptors (Lipinski definition) is 5. The average molecular weight is 283 g/mol. The number of imide groups is 1. The first-order valence-electron chi connectivity index (χ1n) is 6.53. The zero-order chi connectivity index (χ0) is 15.2. The van der Waals surface area contributed by atoms with E-state index >= 15 is 0 Å². The Labute approximate surface area is 117 Å². The molecule has 1 aromatic rings. The Balaban J connectivity index is 2.42. The molecule has 0 aliphatic rings. The van der Waals surface area contributed by atoms with Gasteiger partial charge in [-0.05, 0) is 20.3 Å². The summed E-state index contributed by atoms with van der Waals surface area (Å²) in [4.78, 5) is 22.9. The number of carbonyl (C=O) groups excluding carboxylic acids is 2. The molecule has 8 heteroatoms. The summed E-state index contributed by atoms with van der Waals surface area (Å²) in [6.07, 6.45) is 3.29. The van der Waals surface area contributed by atoms with Crippen LogP contribution < -0.4 is 10.6 Å². The van der Waals surface area contributed by atoms with Crippen LogP contribution in [0.15, 0.2) is 6.20 Å². The van der Waals surface area contributed by atoms with Crippen LogP contribution in [-0.2, 0) is 16.9 Å². The van der Waals surface area contributed by atoms with Crippen molar-refractivity contribution in [2.45, 2.75) is 45.8 Å². The van der Waals surface area contributed by atoms with E-state index in [4.69, 9.17) is 0 Å². The van der Waals surface area contributed by atoms with Crippen LogP contribution in [0.5, 0.6) is 0 Å². The predicted molar refractivity (Wildman–Crippen MR) is 71.7 cm³/mol. The van der Waals surface area contributed by atoms with Crippen LogP contribution in [0.4, 0.5) is 4.79 Å². The van der Waals surface area contributed by atoms with Gasteiger partial charge in [0.1, 0.15) is 17.8 Å². The second kappa shape index (κ2) is 6.99. The highest BCUT2D eigenvalue weighted by Gasteiger charge is 2.20. The highest BCUT2D eigenvalue weighted by atomic mass is 16.3. The van der Waals surface area contributed by atoms with Gasteiger partial charge in [0.2, 0.25) is 5.91 Å². The Morgan fingerprint density at radius 1 is 1.45 bits per heavy atom. The van der Waals surface area contributed by atoms with Crippen LogP contribution >= 0.6 is 0 Å². The summed E-state index contributed by atoms with van der Waals surface area (Å²) < 4.78 is 1.27. The van der Waals surface area contributed by atoms with Crippen molar-refractivity contribution in [2.24, 2.45) is 0 Å². The number of rotatable bonds is 6. The van der Waals surface area contributed by atoms with E-state index in [0.29, 0.717) is 12.2 Å². The van der Waals surface area contributed by atoms with Crippen LogP contribution in [0.3, 0.4) is 0 Å². The van der Waals surface area contributed by atoms with E-state index in [1.165, 1.54) is 10.9 Å². The monoisotopic (exact) mass is 283 g/mol. The molecule has 3 amide bonds. The third kappa shape index (κ3) is 5.35. The first kappa shape index (κ1) is 16.1. The summed E-state index contributed by atoms with van der Waals surface area (Å²) in [7, 11) is 0. The van der Waals surface area contributed by atoms with Gasteiger partial charge in [-0.3, -0.25) is 10.1 Å². The minimum atomic E-state index is -1.12. The molecule has 0 aliphatic carbocycles. The molecule has 0 fully saturated rings. The lowest BCUT2D eigenvalue weighted by Crippen LogP contribution is -2.41. The zero-order valence-electron chi connectivity index (χ0n) is 12.0. The molecule has 1 rings (SSSR count). The summed E-state index contributed by atoms with van der Waals surface area (Å²) in [5.41, 5.74) is -0.760. The van der Waals surface area contributed by atoms with Gasteiger partial charge in [0.25, 0.3) is 0 Å². The maximum Gasteiger partial charge on any atom is 0.321 e. The molecule has 0 radical (unpaired) electrons. The lowest BCUT2D eigenvalue weighted by atomic mass is 10.1. The molecule has 1 aromatic heterocycles. The number of unbranched alkanes of at least 4 members (excludes halogenated alkanes) is 1. The van der Waals surface area contributed by atoms with Gasteiger partial charge in [-0.2, -0.15) is 0 Å². The number of carbonyl (C=O) groups is 2. The maximum absolute atomic E-state index is 11.6. The van der Waals surface area contributed by atoms with Crippen molar-refractivity contribution in [3.05, 3.63) is 11.9 Å². The minimum Gasteiger partial charge on any atom is -0.384 e. The van der Waals surface area contributed by atoms with E-state index < -0.39 is 17.5 Å². The number of urea groups is 1. The normalized spacial score (nSPS) is 11.2. The molecule has 112 valence electrons. The lowest BCUT2D eigenvalue weighted by Gasteiger charge is -2.11. The number of hydrogen-bond donors (Lipinski definition) is 3. The van der Waals surface area contributed by atoms with E-state index in [-0.39, 0.29) is 6.54 Å². The molecule has 0 bridgehead atoms. The van der Waals surface area contributed by atoms with E-state index in [2.05, 4.69) is 20.9 Å². The SMILES string of the molecule is CCCCNC(=O)NC(=O)Cn1cc(C(C)(C)O)nn1. The maximum atomic E-state index is 11.6. The number of nitrogens with one attached hydrogen (secondary N) is 2. The van der Waals surface area contributed by atoms with Gasteiger partial charge in [-0.15, -0.1) is 5.10 Å². The third-order valence-corrected chi connectivity index (χ3v) is 2.54. The summed E-state index contributed by atoms with van der Waals surface area (Å²) in [6, 6.07) is -0.522. The minimum absolute atomic E-state index is 0.135. The fraction of sp³-hybridized carbons (Fsp3) is 0.667. The highest BCUT2D eigenvalue weighted by Crippen LogP contribution is 2.15. The fourth-order valence-corrected chi connectivity index (χ4v) is 1.39. The molecule has 20 heavy (non-hydrogen) atoms. The Morgan fingerprint density at radius 2 is 2.15 bits per heavy atom. The third-order valence-electron chi connectivity index (χ3n) is 2.54. The summed E-state index contributed by atoms with van der Waals surface area (Å²) >= 11 is 0. The molecular formula is C12H21N5O3. The van der Waals surface area contributed by atoms with Crippen LogP contribution in [0.1, 0.15) is 39.3 Å². The van der Waals surface area contributed by atoms with Gasteiger partial charge >= 0.3 is 6.03 Å². The molecule has 0 saturated carbocycles. The van der Waals surface area contributed by atoms with Gasteiger partial charge in [-0.1, -0.05) is 18.6 Å². The van der Waals surface area contributed by atoms with Crippen molar-refractivity contribution in [3.63, 3.8) is 0 Å². The molecule has 0 saturated heterocycles. The zero-order valence-corrected chi connectivity index (χ0v) is 12.0. The highest BCUT2D eigenvalue weighted by molar-refractivity contribution is 5.94. The smallest absolute Gasteiger partial charge is 0.321 e. The van der Waals surface area contributed by atoms with E-state index in [0.717, 1.165) is 12.8 Å². The quantitative estimate of drug-likeness (QED) is 0.643. The Bertz CT molecular complexity index is 464. The van der Waals surface area contributed by atoms with Crippen LogP contribution in [-0.4, -0.2) is 38.6 Å². The number of nitrogens with zero attached hydrogens (tertiary/aromatic N) is 3.